The van der Waals surface area contributed by atoms with Gasteiger partial charge in [-0.1, -0.05) is 49.9 Å². The number of carbonyl (C=O) groups is 1. The summed E-state index contributed by atoms with van der Waals surface area (Å²) < 4.78 is 0. The predicted molar refractivity (Wildman–Crippen MR) is 83.2 cm³/mol. The van der Waals surface area contributed by atoms with E-state index >= 15 is 0 Å². The smallest absolute Gasteiger partial charge is 0.306 e. The van der Waals surface area contributed by atoms with Gasteiger partial charge in [-0.25, -0.2) is 0 Å². The van der Waals surface area contributed by atoms with Crippen LogP contribution >= 0.6 is 0 Å². The zero-order chi connectivity index (χ0) is 15.2. The molecule has 0 bridgehead atoms. The van der Waals surface area contributed by atoms with Gasteiger partial charge >= 0.3 is 5.97 Å². The number of aliphatic carboxylic acids is 1. The largest absolute Gasteiger partial charge is 0.481 e. The number of carboxylic acid groups (broad SMARTS) is 1. The summed E-state index contributed by atoms with van der Waals surface area (Å²) >= 11 is 0. The average molecular weight is 290 g/mol. The van der Waals surface area contributed by atoms with Crippen LogP contribution in [-0.4, -0.2) is 22.3 Å². The Morgan fingerprint density at radius 2 is 1.95 bits per heavy atom. The van der Waals surface area contributed by atoms with E-state index in [0.29, 0.717) is 18.8 Å². The van der Waals surface area contributed by atoms with Crippen molar-refractivity contribution in [3.63, 3.8) is 0 Å². The van der Waals surface area contributed by atoms with Crippen molar-refractivity contribution in [3.05, 3.63) is 35.4 Å². The lowest BCUT2D eigenvalue weighted by Gasteiger charge is -2.20. The highest BCUT2D eigenvalue weighted by atomic mass is 16.4. The van der Waals surface area contributed by atoms with Gasteiger partial charge in [0.1, 0.15) is 0 Å². The Balaban J connectivity index is 1.92. The van der Waals surface area contributed by atoms with Crippen LogP contribution in [-0.2, 0) is 11.2 Å². The van der Waals surface area contributed by atoms with Gasteiger partial charge in [-0.3, -0.25) is 4.79 Å². The van der Waals surface area contributed by atoms with E-state index in [0.717, 1.165) is 17.5 Å². The zero-order valence-corrected chi connectivity index (χ0v) is 12.8. The molecule has 1 fully saturated rings. The van der Waals surface area contributed by atoms with Crippen LogP contribution in [0.3, 0.4) is 0 Å². The van der Waals surface area contributed by atoms with Crippen molar-refractivity contribution < 1.29 is 15.0 Å². The van der Waals surface area contributed by atoms with E-state index < -0.39 is 18.0 Å². The molecule has 0 aromatic heterocycles. The molecule has 116 valence electrons. The molecule has 21 heavy (non-hydrogen) atoms. The van der Waals surface area contributed by atoms with Crippen LogP contribution in [0.15, 0.2) is 24.3 Å². The van der Waals surface area contributed by atoms with Crippen LogP contribution in [0, 0.1) is 18.8 Å². The highest BCUT2D eigenvalue weighted by Gasteiger charge is 2.25. The van der Waals surface area contributed by atoms with E-state index in [1.165, 1.54) is 25.7 Å². The maximum absolute atomic E-state index is 11.5. The SMILES string of the molecule is Cc1ccccc1CC(CC(O)CC1CCCC1)C(=O)O. The van der Waals surface area contributed by atoms with Crippen LogP contribution in [0.4, 0.5) is 0 Å². The Morgan fingerprint density at radius 1 is 1.29 bits per heavy atom. The van der Waals surface area contributed by atoms with Crippen molar-refractivity contribution in [1.29, 1.82) is 0 Å². The topological polar surface area (TPSA) is 57.5 Å². The molecule has 0 radical (unpaired) electrons. The Bertz CT molecular complexity index is 463. The van der Waals surface area contributed by atoms with E-state index in [4.69, 9.17) is 0 Å². The fourth-order valence-corrected chi connectivity index (χ4v) is 3.43. The maximum Gasteiger partial charge on any atom is 0.306 e. The molecular formula is C18H26O3. The molecule has 0 heterocycles. The molecule has 3 nitrogen and oxygen atoms in total. The third-order valence-electron chi connectivity index (χ3n) is 4.71. The summed E-state index contributed by atoms with van der Waals surface area (Å²) in [6.45, 7) is 2.00. The normalized spacial score (nSPS) is 18.6. The molecule has 0 amide bonds. The second-order valence-electron chi connectivity index (χ2n) is 6.44. The number of aliphatic hydroxyl groups excluding tert-OH is 1. The lowest BCUT2D eigenvalue weighted by Crippen LogP contribution is -2.24. The molecule has 3 heteroatoms. The van der Waals surface area contributed by atoms with E-state index in [1.807, 2.05) is 31.2 Å². The minimum atomic E-state index is -0.802. The molecule has 1 aliphatic rings. The van der Waals surface area contributed by atoms with Crippen LogP contribution in [0.2, 0.25) is 0 Å². The van der Waals surface area contributed by atoms with Crippen molar-refractivity contribution in [2.24, 2.45) is 11.8 Å². The van der Waals surface area contributed by atoms with Gasteiger partial charge in [-0.15, -0.1) is 0 Å². The van der Waals surface area contributed by atoms with Gasteiger partial charge in [0.2, 0.25) is 0 Å². The minimum absolute atomic E-state index is 0.361. The molecule has 0 aliphatic heterocycles. The summed E-state index contributed by atoms with van der Waals surface area (Å²) in [6.07, 6.45) is 6.02. The van der Waals surface area contributed by atoms with Crippen molar-refractivity contribution in [2.45, 2.75) is 58.0 Å². The Kier molecular flexibility index (Phi) is 5.80. The molecule has 1 saturated carbocycles. The first-order valence-electron chi connectivity index (χ1n) is 8.01. The lowest BCUT2D eigenvalue weighted by atomic mass is 9.88. The average Bonchev–Trinajstić information content (AvgIpc) is 2.93. The number of benzene rings is 1. The number of rotatable bonds is 7. The third-order valence-corrected chi connectivity index (χ3v) is 4.71. The Morgan fingerprint density at radius 3 is 2.57 bits per heavy atom. The van der Waals surface area contributed by atoms with Gasteiger partial charge in [-0.05, 0) is 43.2 Å². The van der Waals surface area contributed by atoms with Gasteiger partial charge in [0.25, 0.3) is 0 Å². The summed E-state index contributed by atoms with van der Waals surface area (Å²) in [6, 6.07) is 7.89. The minimum Gasteiger partial charge on any atom is -0.481 e. The first kappa shape index (κ1) is 16.0. The van der Waals surface area contributed by atoms with Gasteiger partial charge < -0.3 is 10.2 Å². The predicted octanol–water partition coefficient (Wildman–Crippen LogP) is 3.57. The fraction of sp³-hybridized carbons (Fsp3) is 0.611. The summed E-state index contributed by atoms with van der Waals surface area (Å²) in [5.74, 6) is -0.709. The number of aliphatic hydroxyl groups is 1. The number of carboxylic acids is 1. The van der Waals surface area contributed by atoms with Crippen molar-refractivity contribution in [2.75, 3.05) is 0 Å². The monoisotopic (exact) mass is 290 g/mol. The molecular weight excluding hydrogens is 264 g/mol. The van der Waals surface area contributed by atoms with Crippen molar-refractivity contribution >= 4 is 5.97 Å². The standard InChI is InChI=1S/C18H26O3/c1-13-6-2-5-9-15(13)11-16(18(20)21)12-17(19)10-14-7-3-4-8-14/h2,5-6,9,14,16-17,19H,3-4,7-8,10-12H2,1H3,(H,20,21). The summed E-state index contributed by atoms with van der Waals surface area (Å²) in [5, 5.41) is 19.6. The van der Waals surface area contributed by atoms with Crippen molar-refractivity contribution in [1.82, 2.24) is 0 Å². The quantitative estimate of drug-likeness (QED) is 0.807. The Labute approximate surface area is 127 Å². The van der Waals surface area contributed by atoms with Crippen LogP contribution in [0.25, 0.3) is 0 Å². The van der Waals surface area contributed by atoms with Crippen LogP contribution < -0.4 is 0 Å². The summed E-state index contributed by atoms with van der Waals surface area (Å²) in [4.78, 5) is 11.5. The van der Waals surface area contributed by atoms with Gasteiger partial charge in [0.15, 0.2) is 0 Å². The molecule has 2 atom stereocenters. The third kappa shape index (κ3) is 4.85. The van der Waals surface area contributed by atoms with Crippen LogP contribution in [0.5, 0.6) is 0 Å². The summed E-state index contributed by atoms with van der Waals surface area (Å²) in [7, 11) is 0. The van der Waals surface area contributed by atoms with E-state index in [-0.39, 0.29) is 0 Å². The highest BCUT2D eigenvalue weighted by molar-refractivity contribution is 5.70. The lowest BCUT2D eigenvalue weighted by molar-refractivity contribution is -0.142. The molecule has 2 unspecified atom stereocenters. The van der Waals surface area contributed by atoms with Crippen molar-refractivity contribution in [3.8, 4) is 0 Å². The number of aryl methyl sites for hydroxylation is 1. The van der Waals surface area contributed by atoms with Gasteiger partial charge in [0.05, 0.1) is 12.0 Å². The first-order valence-corrected chi connectivity index (χ1v) is 8.01. The number of hydrogen-bond donors (Lipinski definition) is 2. The highest BCUT2D eigenvalue weighted by Crippen LogP contribution is 2.30. The Hall–Kier alpha value is -1.35. The molecule has 2 rings (SSSR count). The fourth-order valence-electron chi connectivity index (χ4n) is 3.43. The second-order valence-corrected chi connectivity index (χ2v) is 6.44. The van der Waals surface area contributed by atoms with Crippen LogP contribution in [0.1, 0.15) is 49.7 Å². The number of hydrogen-bond acceptors (Lipinski definition) is 2. The molecule has 0 saturated heterocycles. The summed E-state index contributed by atoms with van der Waals surface area (Å²) in [5.41, 5.74) is 2.19. The maximum atomic E-state index is 11.5. The molecule has 2 N–H and O–H groups in total. The first-order chi connectivity index (χ1) is 10.1. The van der Waals surface area contributed by atoms with Gasteiger partial charge in [-0.2, -0.15) is 0 Å². The zero-order valence-electron chi connectivity index (χ0n) is 12.8. The van der Waals surface area contributed by atoms with Gasteiger partial charge in [0, 0.05) is 0 Å². The molecule has 1 aromatic carbocycles. The molecule has 1 aromatic rings. The molecule has 0 spiro atoms. The second kappa shape index (κ2) is 7.60. The molecule has 1 aliphatic carbocycles. The van der Waals surface area contributed by atoms with E-state index in [1.54, 1.807) is 0 Å². The van der Waals surface area contributed by atoms with E-state index in [2.05, 4.69) is 0 Å². The van der Waals surface area contributed by atoms with E-state index in [9.17, 15) is 15.0 Å².